The van der Waals surface area contributed by atoms with Crippen LogP contribution in [-0.4, -0.2) is 11.1 Å². The van der Waals surface area contributed by atoms with Crippen LogP contribution in [0.15, 0.2) is 18.2 Å². The van der Waals surface area contributed by atoms with Gasteiger partial charge in [0.2, 0.25) is 0 Å². The normalized spacial score (nSPS) is 12.9. The Kier molecular flexibility index (Phi) is 2.71. The van der Waals surface area contributed by atoms with Gasteiger partial charge in [-0.2, -0.15) is 0 Å². The highest BCUT2D eigenvalue weighted by molar-refractivity contribution is 5.36. The van der Waals surface area contributed by atoms with Crippen molar-refractivity contribution in [3.8, 4) is 5.75 Å². The SMILES string of the molecule is Cc1ccc(C[C@@H](C)N)c(O)c1. The molecule has 0 radical (unpaired) electrons. The minimum atomic E-state index is 0.0959. The van der Waals surface area contributed by atoms with E-state index in [1.807, 2.05) is 26.0 Å². The van der Waals surface area contributed by atoms with Gasteiger partial charge < -0.3 is 10.8 Å². The summed E-state index contributed by atoms with van der Waals surface area (Å²) in [6.45, 7) is 3.88. The molecule has 0 aliphatic carbocycles. The number of aryl methyl sites for hydroxylation is 1. The molecular formula is C10H15NO. The fourth-order valence-electron chi connectivity index (χ4n) is 1.19. The molecule has 0 aliphatic rings. The molecule has 0 saturated carbocycles. The maximum absolute atomic E-state index is 9.48. The highest BCUT2D eigenvalue weighted by atomic mass is 16.3. The summed E-state index contributed by atoms with van der Waals surface area (Å²) in [4.78, 5) is 0. The molecule has 0 aliphatic heterocycles. The summed E-state index contributed by atoms with van der Waals surface area (Å²) < 4.78 is 0. The summed E-state index contributed by atoms with van der Waals surface area (Å²) in [6.07, 6.45) is 0.728. The van der Waals surface area contributed by atoms with Crippen molar-refractivity contribution in [3.63, 3.8) is 0 Å². The first-order valence-electron chi connectivity index (χ1n) is 4.13. The van der Waals surface area contributed by atoms with Gasteiger partial charge in [0, 0.05) is 6.04 Å². The molecule has 0 bridgehead atoms. The Labute approximate surface area is 73.0 Å². The molecule has 1 rings (SSSR count). The number of hydrogen-bond acceptors (Lipinski definition) is 2. The number of benzene rings is 1. The molecular weight excluding hydrogens is 150 g/mol. The molecule has 0 spiro atoms. The lowest BCUT2D eigenvalue weighted by Crippen LogP contribution is -2.17. The molecule has 0 amide bonds. The minimum absolute atomic E-state index is 0.0959. The molecule has 0 aromatic heterocycles. The van der Waals surface area contributed by atoms with Crippen LogP contribution in [-0.2, 0) is 6.42 Å². The first-order valence-corrected chi connectivity index (χ1v) is 4.13. The smallest absolute Gasteiger partial charge is 0.119 e. The van der Waals surface area contributed by atoms with Gasteiger partial charge in [-0.15, -0.1) is 0 Å². The highest BCUT2D eigenvalue weighted by Gasteiger charge is 2.02. The maximum Gasteiger partial charge on any atom is 0.119 e. The molecule has 66 valence electrons. The largest absolute Gasteiger partial charge is 0.508 e. The van der Waals surface area contributed by atoms with Crippen LogP contribution in [0.1, 0.15) is 18.1 Å². The second-order valence-corrected chi connectivity index (χ2v) is 3.31. The van der Waals surface area contributed by atoms with E-state index in [9.17, 15) is 5.11 Å². The molecule has 0 heterocycles. The van der Waals surface area contributed by atoms with E-state index in [4.69, 9.17) is 5.73 Å². The Bertz CT molecular complexity index is 269. The fourth-order valence-corrected chi connectivity index (χ4v) is 1.19. The van der Waals surface area contributed by atoms with E-state index in [0.29, 0.717) is 5.75 Å². The quantitative estimate of drug-likeness (QED) is 0.699. The molecule has 2 heteroatoms. The van der Waals surface area contributed by atoms with Gasteiger partial charge in [0.1, 0.15) is 5.75 Å². The van der Waals surface area contributed by atoms with Gasteiger partial charge in [0.25, 0.3) is 0 Å². The van der Waals surface area contributed by atoms with Gasteiger partial charge >= 0.3 is 0 Å². The monoisotopic (exact) mass is 165 g/mol. The van der Waals surface area contributed by atoms with Crippen LogP contribution in [0.3, 0.4) is 0 Å². The van der Waals surface area contributed by atoms with Crippen LogP contribution in [0, 0.1) is 6.92 Å². The highest BCUT2D eigenvalue weighted by Crippen LogP contribution is 2.19. The van der Waals surface area contributed by atoms with Crippen molar-refractivity contribution in [1.82, 2.24) is 0 Å². The van der Waals surface area contributed by atoms with Crippen LogP contribution >= 0.6 is 0 Å². The van der Waals surface area contributed by atoms with Gasteiger partial charge in [-0.1, -0.05) is 12.1 Å². The average Bonchev–Trinajstić information content (AvgIpc) is 1.94. The summed E-state index contributed by atoms with van der Waals surface area (Å²) >= 11 is 0. The second-order valence-electron chi connectivity index (χ2n) is 3.31. The zero-order valence-corrected chi connectivity index (χ0v) is 7.54. The fraction of sp³-hybridized carbons (Fsp3) is 0.400. The first-order chi connectivity index (χ1) is 5.59. The van der Waals surface area contributed by atoms with Crippen LogP contribution in [0.4, 0.5) is 0 Å². The van der Waals surface area contributed by atoms with E-state index >= 15 is 0 Å². The third-order valence-electron chi connectivity index (χ3n) is 1.78. The topological polar surface area (TPSA) is 46.2 Å². The molecule has 0 fully saturated rings. The zero-order chi connectivity index (χ0) is 9.14. The Morgan fingerprint density at radius 2 is 2.17 bits per heavy atom. The standard InChI is InChI=1S/C10H15NO/c1-7-3-4-9(6-8(2)11)10(12)5-7/h3-5,8,12H,6,11H2,1-2H3/t8-/m1/s1. The van der Waals surface area contributed by atoms with Crippen LogP contribution in [0.5, 0.6) is 5.75 Å². The van der Waals surface area contributed by atoms with E-state index in [2.05, 4.69) is 0 Å². The van der Waals surface area contributed by atoms with Crippen LogP contribution in [0.25, 0.3) is 0 Å². The summed E-state index contributed by atoms with van der Waals surface area (Å²) in [7, 11) is 0. The molecule has 12 heavy (non-hydrogen) atoms. The number of nitrogens with two attached hydrogens (primary N) is 1. The molecule has 1 aromatic rings. The van der Waals surface area contributed by atoms with Crippen molar-refractivity contribution >= 4 is 0 Å². The lowest BCUT2D eigenvalue weighted by molar-refractivity contribution is 0.465. The summed E-state index contributed by atoms with van der Waals surface area (Å²) in [5, 5.41) is 9.48. The van der Waals surface area contributed by atoms with E-state index in [-0.39, 0.29) is 6.04 Å². The van der Waals surface area contributed by atoms with Crippen molar-refractivity contribution < 1.29 is 5.11 Å². The van der Waals surface area contributed by atoms with Crippen molar-refractivity contribution in [3.05, 3.63) is 29.3 Å². The predicted octanol–water partition coefficient (Wildman–Crippen LogP) is 1.59. The summed E-state index contributed by atoms with van der Waals surface area (Å²) in [5.41, 5.74) is 7.62. The molecule has 0 unspecified atom stereocenters. The van der Waals surface area contributed by atoms with Crippen molar-refractivity contribution in [2.75, 3.05) is 0 Å². The Balaban J connectivity index is 2.86. The minimum Gasteiger partial charge on any atom is -0.508 e. The van der Waals surface area contributed by atoms with E-state index < -0.39 is 0 Å². The molecule has 1 aromatic carbocycles. The number of rotatable bonds is 2. The average molecular weight is 165 g/mol. The van der Waals surface area contributed by atoms with Gasteiger partial charge in [-0.05, 0) is 37.5 Å². The summed E-state index contributed by atoms with van der Waals surface area (Å²) in [5.74, 6) is 0.354. The molecule has 0 saturated heterocycles. The number of aromatic hydroxyl groups is 1. The van der Waals surface area contributed by atoms with Crippen LogP contribution < -0.4 is 5.73 Å². The molecule has 3 N–H and O–H groups in total. The Hall–Kier alpha value is -1.02. The number of hydrogen-bond donors (Lipinski definition) is 2. The van der Waals surface area contributed by atoms with Crippen molar-refractivity contribution in [2.45, 2.75) is 26.3 Å². The van der Waals surface area contributed by atoms with Crippen LogP contribution in [0.2, 0.25) is 0 Å². The third-order valence-corrected chi connectivity index (χ3v) is 1.78. The molecule has 2 nitrogen and oxygen atoms in total. The Morgan fingerprint density at radius 3 is 2.67 bits per heavy atom. The lowest BCUT2D eigenvalue weighted by atomic mass is 10.0. The van der Waals surface area contributed by atoms with E-state index in [1.54, 1.807) is 6.07 Å². The second kappa shape index (κ2) is 3.59. The van der Waals surface area contributed by atoms with Gasteiger partial charge in [0.15, 0.2) is 0 Å². The van der Waals surface area contributed by atoms with Gasteiger partial charge in [-0.25, -0.2) is 0 Å². The van der Waals surface area contributed by atoms with Gasteiger partial charge in [0.05, 0.1) is 0 Å². The number of phenolic OH excluding ortho intramolecular Hbond substituents is 1. The summed E-state index contributed by atoms with van der Waals surface area (Å²) in [6, 6.07) is 5.77. The van der Waals surface area contributed by atoms with Crippen molar-refractivity contribution in [1.29, 1.82) is 0 Å². The Morgan fingerprint density at radius 1 is 1.50 bits per heavy atom. The van der Waals surface area contributed by atoms with Gasteiger partial charge in [-0.3, -0.25) is 0 Å². The molecule has 1 atom stereocenters. The predicted molar refractivity (Wildman–Crippen MR) is 50.2 cm³/mol. The van der Waals surface area contributed by atoms with E-state index in [0.717, 1.165) is 17.5 Å². The number of phenols is 1. The maximum atomic E-state index is 9.48. The third kappa shape index (κ3) is 2.24. The van der Waals surface area contributed by atoms with E-state index in [1.165, 1.54) is 0 Å². The first kappa shape index (κ1) is 9.07. The van der Waals surface area contributed by atoms with Crippen molar-refractivity contribution in [2.24, 2.45) is 5.73 Å². The lowest BCUT2D eigenvalue weighted by Gasteiger charge is -2.07. The zero-order valence-electron chi connectivity index (χ0n) is 7.54.